The predicted molar refractivity (Wildman–Crippen MR) is 131 cm³/mol. The largest absolute Gasteiger partial charge is 0.357 e. The van der Waals surface area contributed by atoms with Crippen molar-refractivity contribution in [2.24, 2.45) is 4.99 Å². The summed E-state index contributed by atoms with van der Waals surface area (Å²) in [5.41, 5.74) is 1.56. The van der Waals surface area contributed by atoms with Crippen LogP contribution in [0.4, 0.5) is 5.69 Å². The van der Waals surface area contributed by atoms with Crippen molar-refractivity contribution in [3.8, 4) is 0 Å². The van der Waals surface area contributed by atoms with Crippen molar-refractivity contribution in [3.63, 3.8) is 0 Å². The first-order valence-electron chi connectivity index (χ1n) is 9.77. The normalized spacial score (nSPS) is 10.7. The van der Waals surface area contributed by atoms with Crippen molar-refractivity contribution >= 4 is 59.0 Å². The molecule has 0 spiro atoms. The minimum absolute atomic E-state index is 0. The molecule has 0 aliphatic carbocycles. The minimum Gasteiger partial charge on any atom is -0.357 e. The zero-order chi connectivity index (χ0) is 20.9. The lowest BCUT2D eigenvalue weighted by Crippen LogP contribution is -2.39. The lowest BCUT2D eigenvalue weighted by Gasteiger charge is -2.18. The first-order valence-corrected chi connectivity index (χ1v) is 10.2. The Bertz CT molecular complexity index is 681. The number of nitrogens with zero attached hydrogens (tertiary/aromatic N) is 2. The Morgan fingerprint density at radius 2 is 1.79 bits per heavy atom. The Balaban J connectivity index is 0.00000784. The van der Waals surface area contributed by atoms with Gasteiger partial charge in [-0.15, -0.1) is 24.0 Å². The van der Waals surface area contributed by atoms with Gasteiger partial charge in [-0.05, 0) is 45.4 Å². The zero-order valence-electron chi connectivity index (χ0n) is 17.7. The highest BCUT2D eigenvalue weighted by atomic mass is 127. The molecule has 164 valence electrons. The molecule has 0 aromatic heterocycles. The summed E-state index contributed by atoms with van der Waals surface area (Å²) in [7, 11) is 0. The summed E-state index contributed by atoms with van der Waals surface area (Å²) in [6.07, 6.45) is 0.654. The molecule has 9 heteroatoms. The number of carbonyl (C=O) groups is 2. The summed E-state index contributed by atoms with van der Waals surface area (Å²) >= 11 is 6.07. The van der Waals surface area contributed by atoms with Crippen LogP contribution in [0.3, 0.4) is 0 Å². The number of aliphatic imine (C=N–C) groups is 1. The first-order chi connectivity index (χ1) is 13.4. The maximum atomic E-state index is 12.2. The third-order valence-electron chi connectivity index (χ3n) is 4.24. The Kier molecular flexibility index (Phi) is 14.5. The number of anilines is 1. The van der Waals surface area contributed by atoms with E-state index in [9.17, 15) is 9.59 Å². The second-order valence-electron chi connectivity index (χ2n) is 6.21. The Hall–Kier alpha value is -1.55. The van der Waals surface area contributed by atoms with Gasteiger partial charge in [-0.2, -0.15) is 0 Å². The fraction of sp³-hybridized carbons (Fsp3) is 0.550. The van der Waals surface area contributed by atoms with Gasteiger partial charge in [0.2, 0.25) is 11.8 Å². The van der Waals surface area contributed by atoms with Gasteiger partial charge in [0.1, 0.15) is 0 Å². The van der Waals surface area contributed by atoms with Crippen molar-refractivity contribution in [1.29, 1.82) is 0 Å². The summed E-state index contributed by atoms with van der Waals surface area (Å²) < 4.78 is 0. The molecule has 0 radical (unpaired) electrons. The van der Waals surface area contributed by atoms with Gasteiger partial charge in [0.25, 0.3) is 0 Å². The lowest BCUT2D eigenvalue weighted by molar-refractivity contribution is -0.130. The SMILES string of the molecule is CCNC(=NCCC(=O)N(CC)CC)NCCC(=O)Nc1cccc(Cl)c1C.I. The maximum absolute atomic E-state index is 12.2. The van der Waals surface area contributed by atoms with Crippen LogP contribution in [0.15, 0.2) is 23.2 Å². The molecule has 0 saturated carbocycles. The number of rotatable bonds is 10. The highest BCUT2D eigenvalue weighted by Crippen LogP contribution is 2.22. The van der Waals surface area contributed by atoms with Crippen LogP contribution in [-0.2, 0) is 9.59 Å². The van der Waals surface area contributed by atoms with Crippen LogP contribution in [-0.4, -0.2) is 55.4 Å². The highest BCUT2D eigenvalue weighted by molar-refractivity contribution is 14.0. The molecule has 1 aromatic carbocycles. The summed E-state index contributed by atoms with van der Waals surface area (Å²) in [6, 6.07) is 5.42. The first kappa shape index (κ1) is 27.5. The van der Waals surface area contributed by atoms with Gasteiger partial charge in [-0.25, -0.2) is 0 Å². The Morgan fingerprint density at radius 3 is 2.41 bits per heavy atom. The molecule has 0 saturated heterocycles. The van der Waals surface area contributed by atoms with Crippen molar-refractivity contribution in [3.05, 3.63) is 28.8 Å². The van der Waals surface area contributed by atoms with Gasteiger partial charge in [0, 0.05) is 49.7 Å². The summed E-state index contributed by atoms with van der Waals surface area (Å²) in [4.78, 5) is 30.4. The van der Waals surface area contributed by atoms with Crippen LogP contribution >= 0.6 is 35.6 Å². The molecule has 3 N–H and O–H groups in total. The zero-order valence-corrected chi connectivity index (χ0v) is 20.8. The van der Waals surface area contributed by atoms with E-state index in [1.807, 2.05) is 33.8 Å². The van der Waals surface area contributed by atoms with Crippen LogP contribution in [0.25, 0.3) is 0 Å². The summed E-state index contributed by atoms with van der Waals surface area (Å²) in [6.45, 7) is 10.7. The van der Waals surface area contributed by atoms with Gasteiger partial charge in [0.15, 0.2) is 5.96 Å². The van der Waals surface area contributed by atoms with E-state index in [4.69, 9.17) is 11.6 Å². The van der Waals surface area contributed by atoms with Crippen molar-refractivity contribution in [1.82, 2.24) is 15.5 Å². The monoisotopic (exact) mass is 537 g/mol. The Morgan fingerprint density at radius 1 is 1.10 bits per heavy atom. The van der Waals surface area contributed by atoms with E-state index in [2.05, 4.69) is 20.9 Å². The number of hydrogen-bond acceptors (Lipinski definition) is 3. The van der Waals surface area contributed by atoms with Crippen LogP contribution in [0.5, 0.6) is 0 Å². The summed E-state index contributed by atoms with van der Waals surface area (Å²) in [5.74, 6) is 0.591. The van der Waals surface area contributed by atoms with E-state index in [1.165, 1.54) is 0 Å². The van der Waals surface area contributed by atoms with E-state index < -0.39 is 0 Å². The molecule has 0 unspecified atom stereocenters. The van der Waals surface area contributed by atoms with E-state index >= 15 is 0 Å². The maximum Gasteiger partial charge on any atom is 0.226 e. The highest BCUT2D eigenvalue weighted by Gasteiger charge is 2.09. The molecule has 2 amide bonds. The van der Waals surface area contributed by atoms with Crippen molar-refractivity contribution in [2.45, 2.75) is 40.5 Å². The molecule has 0 fully saturated rings. The standard InChI is InChI=1S/C20H32ClN5O2.HI/c1-5-22-20(24-14-12-19(28)26(6-2)7-3)23-13-11-18(27)25-17-10-8-9-16(21)15(17)4;/h8-10H,5-7,11-14H2,1-4H3,(H,25,27)(H2,22,23,24);1H. The van der Waals surface area contributed by atoms with Gasteiger partial charge < -0.3 is 20.9 Å². The van der Waals surface area contributed by atoms with Crippen LogP contribution in [0, 0.1) is 6.92 Å². The predicted octanol–water partition coefficient (Wildman–Crippen LogP) is 3.41. The molecular formula is C20H33ClIN5O2. The second kappa shape index (κ2) is 15.3. The van der Waals surface area contributed by atoms with Crippen LogP contribution in [0.2, 0.25) is 5.02 Å². The van der Waals surface area contributed by atoms with E-state index in [-0.39, 0.29) is 42.2 Å². The number of benzene rings is 1. The third kappa shape index (κ3) is 10.2. The fourth-order valence-electron chi connectivity index (χ4n) is 2.59. The van der Waals surface area contributed by atoms with E-state index in [1.54, 1.807) is 17.0 Å². The number of amides is 2. The Labute approximate surface area is 196 Å². The average Bonchev–Trinajstić information content (AvgIpc) is 2.66. The van der Waals surface area contributed by atoms with Crippen molar-refractivity contribution < 1.29 is 9.59 Å². The smallest absolute Gasteiger partial charge is 0.226 e. The van der Waals surface area contributed by atoms with Crippen molar-refractivity contribution in [2.75, 3.05) is 38.0 Å². The lowest BCUT2D eigenvalue weighted by atomic mass is 10.2. The molecule has 0 aliphatic rings. The van der Waals surface area contributed by atoms with E-state index in [0.717, 1.165) is 5.56 Å². The van der Waals surface area contributed by atoms with Crippen LogP contribution < -0.4 is 16.0 Å². The van der Waals surface area contributed by atoms with Gasteiger partial charge in [-0.3, -0.25) is 14.6 Å². The third-order valence-corrected chi connectivity index (χ3v) is 4.65. The molecular weight excluding hydrogens is 505 g/mol. The number of nitrogens with one attached hydrogen (secondary N) is 3. The van der Waals surface area contributed by atoms with Gasteiger partial charge in [0.05, 0.1) is 6.54 Å². The quantitative estimate of drug-likeness (QED) is 0.243. The molecule has 29 heavy (non-hydrogen) atoms. The number of guanidine groups is 1. The average molecular weight is 538 g/mol. The summed E-state index contributed by atoms with van der Waals surface area (Å²) in [5, 5.41) is 9.73. The van der Waals surface area contributed by atoms with E-state index in [0.29, 0.717) is 55.8 Å². The second-order valence-corrected chi connectivity index (χ2v) is 6.62. The number of halogens is 2. The number of hydrogen-bond donors (Lipinski definition) is 3. The topological polar surface area (TPSA) is 85.8 Å². The van der Waals surface area contributed by atoms with Crippen LogP contribution in [0.1, 0.15) is 39.2 Å². The molecule has 0 heterocycles. The molecule has 7 nitrogen and oxygen atoms in total. The van der Waals surface area contributed by atoms with Gasteiger partial charge in [-0.1, -0.05) is 17.7 Å². The molecule has 0 bridgehead atoms. The molecule has 0 aliphatic heterocycles. The minimum atomic E-state index is -0.106. The van der Waals surface area contributed by atoms with Gasteiger partial charge >= 0.3 is 0 Å². The number of carbonyl (C=O) groups excluding carboxylic acids is 2. The fourth-order valence-corrected chi connectivity index (χ4v) is 2.76. The molecule has 1 aromatic rings. The molecule has 1 rings (SSSR count). The molecule has 0 atom stereocenters.